The molecule has 1 heterocycles. The van der Waals surface area contributed by atoms with Crippen molar-refractivity contribution in [3.05, 3.63) is 36.5 Å². The van der Waals surface area contributed by atoms with Crippen molar-refractivity contribution >= 4 is 5.91 Å². The summed E-state index contributed by atoms with van der Waals surface area (Å²) in [6.07, 6.45) is 42.5. The predicted octanol–water partition coefficient (Wildman–Crippen LogP) is 10.7. The molecule has 1 saturated heterocycles. The van der Waals surface area contributed by atoms with Crippen LogP contribution in [0.3, 0.4) is 0 Å². The lowest BCUT2D eigenvalue weighted by Crippen LogP contribution is -2.60. The molecule has 1 aliphatic heterocycles. The van der Waals surface area contributed by atoms with Crippen molar-refractivity contribution in [1.29, 1.82) is 0 Å². The first kappa shape index (κ1) is 62.3. The van der Waals surface area contributed by atoms with Gasteiger partial charge in [0.05, 0.1) is 25.4 Å². The molecule has 1 rings (SSSR count). The molecule has 0 saturated carbocycles. The average Bonchev–Trinajstić information content (AvgIpc) is 3.32. The van der Waals surface area contributed by atoms with Crippen molar-refractivity contribution in [2.24, 2.45) is 0 Å². The number of carbonyl (C=O) groups excluding carboxylic acids is 1. The standard InChI is InChI=1S/C55H103NO10/c1-3-5-7-9-11-13-14-15-16-17-18-19-20-21-22-23-24-25-26-27-28-29-30-31-32-33-35-37-39-41-43-48(59)54(64)56-46(45-65-55-53(63)52(62)51(61)49(44-57)66-55)50(60)47(58)42-40-38-36-34-12-10-8-6-4-2/h6,8,21-22,34,36,46-53,55,57-63H,3-5,7,9-20,23-33,35,37-45H2,1-2H3,(H,56,64)/b8-6+,22-21-,36-34+. The van der Waals surface area contributed by atoms with Crippen LogP contribution in [0.5, 0.6) is 0 Å². The van der Waals surface area contributed by atoms with Gasteiger partial charge in [-0.05, 0) is 70.6 Å². The van der Waals surface area contributed by atoms with Crippen molar-refractivity contribution in [2.75, 3.05) is 13.2 Å². The molecule has 11 heteroatoms. The molecular weight excluding hydrogens is 835 g/mol. The van der Waals surface area contributed by atoms with E-state index in [4.69, 9.17) is 9.47 Å². The second kappa shape index (κ2) is 44.5. The monoisotopic (exact) mass is 938 g/mol. The van der Waals surface area contributed by atoms with Crippen molar-refractivity contribution in [3.8, 4) is 0 Å². The number of amides is 1. The van der Waals surface area contributed by atoms with Gasteiger partial charge in [-0.1, -0.05) is 204 Å². The lowest BCUT2D eigenvalue weighted by molar-refractivity contribution is -0.303. The summed E-state index contributed by atoms with van der Waals surface area (Å²) in [7, 11) is 0. The van der Waals surface area contributed by atoms with Crippen LogP contribution in [0.1, 0.15) is 239 Å². The molecule has 0 aromatic heterocycles. The highest BCUT2D eigenvalue weighted by Crippen LogP contribution is 2.23. The molecule has 9 atom stereocenters. The minimum atomic E-state index is -1.67. The minimum Gasteiger partial charge on any atom is -0.394 e. The summed E-state index contributed by atoms with van der Waals surface area (Å²) in [5.41, 5.74) is 0. The van der Waals surface area contributed by atoms with Crippen molar-refractivity contribution in [1.82, 2.24) is 5.32 Å². The number of aliphatic hydroxyl groups is 7. The van der Waals surface area contributed by atoms with Crippen molar-refractivity contribution < 1.29 is 50.0 Å². The van der Waals surface area contributed by atoms with Crippen LogP contribution in [0.2, 0.25) is 0 Å². The molecule has 0 bridgehead atoms. The third kappa shape index (κ3) is 33.0. The van der Waals surface area contributed by atoms with E-state index in [2.05, 4.69) is 49.5 Å². The second-order valence-electron chi connectivity index (χ2n) is 19.3. The SMILES string of the molecule is CC/C=C/CC/C=C/CCCC(O)C(O)C(COC1OC(CO)C(O)C(O)C1O)NC(=O)C(O)CCCCCCCCCCCCCCCC/C=C\CCCCCCCCCCCCCC. The third-order valence-electron chi connectivity index (χ3n) is 13.2. The maximum absolute atomic E-state index is 13.1. The Labute approximate surface area is 403 Å². The molecule has 1 aliphatic rings. The fourth-order valence-corrected chi connectivity index (χ4v) is 8.70. The van der Waals surface area contributed by atoms with E-state index in [0.29, 0.717) is 19.3 Å². The highest BCUT2D eigenvalue weighted by Gasteiger charge is 2.44. The lowest BCUT2D eigenvalue weighted by Gasteiger charge is -2.40. The molecule has 0 aliphatic carbocycles. The molecule has 66 heavy (non-hydrogen) atoms. The molecule has 0 radical (unpaired) electrons. The van der Waals surface area contributed by atoms with E-state index in [0.717, 1.165) is 38.5 Å². The van der Waals surface area contributed by atoms with Crippen LogP contribution in [0.15, 0.2) is 36.5 Å². The Morgan fingerprint density at radius 2 is 0.955 bits per heavy atom. The molecule has 0 aromatic carbocycles. The van der Waals surface area contributed by atoms with Crippen LogP contribution in [0, 0.1) is 0 Å². The smallest absolute Gasteiger partial charge is 0.249 e. The van der Waals surface area contributed by atoms with Gasteiger partial charge in [0.1, 0.15) is 36.6 Å². The topological polar surface area (TPSA) is 189 Å². The number of unbranched alkanes of at least 4 members (excludes halogenated alkanes) is 28. The van der Waals surface area contributed by atoms with Crippen LogP contribution in [-0.2, 0) is 14.3 Å². The Balaban J connectivity index is 2.19. The Kier molecular flexibility index (Phi) is 42.1. The zero-order valence-electron chi connectivity index (χ0n) is 42.2. The summed E-state index contributed by atoms with van der Waals surface area (Å²) in [4.78, 5) is 13.1. The number of hydrogen-bond acceptors (Lipinski definition) is 10. The molecule has 9 unspecified atom stereocenters. The Morgan fingerprint density at radius 1 is 0.530 bits per heavy atom. The number of ether oxygens (including phenoxy) is 2. The lowest BCUT2D eigenvalue weighted by atomic mass is 9.98. The molecule has 1 fully saturated rings. The largest absolute Gasteiger partial charge is 0.394 e. The first-order valence-electron chi connectivity index (χ1n) is 27.4. The van der Waals surface area contributed by atoms with E-state index in [1.807, 2.05) is 6.08 Å². The zero-order valence-corrected chi connectivity index (χ0v) is 42.2. The van der Waals surface area contributed by atoms with Gasteiger partial charge in [-0.25, -0.2) is 0 Å². The number of hydrogen-bond donors (Lipinski definition) is 8. The quantitative estimate of drug-likeness (QED) is 0.0215. The molecule has 11 nitrogen and oxygen atoms in total. The molecule has 1 amide bonds. The van der Waals surface area contributed by atoms with Crippen LogP contribution in [0.25, 0.3) is 0 Å². The van der Waals surface area contributed by atoms with E-state index >= 15 is 0 Å². The summed E-state index contributed by atoms with van der Waals surface area (Å²) in [5, 5.41) is 75.6. The van der Waals surface area contributed by atoms with Gasteiger partial charge in [-0.3, -0.25) is 4.79 Å². The number of nitrogens with one attached hydrogen (secondary N) is 1. The summed E-state index contributed by atoms with van der Waals surface area (Å²) >= 11 is 0. The van der Waals surface area contributed by atoms with Gasteiger partial charge in [0.25, 0.3) is 0 Å². The predicted molar refractivity (Wildman–Crippen MR) is 270 cm³/mol. The van der Waals surface area contributed by atoms with E-state index in [1.54, 1.807) is 0 Å². The van der Waals surface area contributed by atoms with Gasteiger partial charge in [0.2, 0.25) is 5.91 Å². The average molecular weight is 938 g/mol. The van der Waals surface area contributed by atoms with Gasteiger partial charge in [0, 0.05) is 0 Å². The Hall–Kier alpha value is -1.67. The van der Waals surface area contributed by atoms with E-state index in [-0.39, 0.29) is 12.8 Å². The number of allylic oxidation sites excluding steroid dienone is 6. The van der Waals surface area contributed by atoms with E-state index < -0.39 is 74.2 Å². The number of carbonyl (C=O) groups is 1. The first-order chi connectivity index (χ1) is 32.2. The van der Waals surface area contributed by atoms with Crippen LogP contribution < -0.4 is 5.32 Å². The minimum absolute atomic E-state index is 0.244. The van der Waals surface area contributed by atoms with Crippen LogP contribution in [0.4, 0.5) is 0 Å². The van der Waals surface area contributed by atoms with Gasteiger partial charge in [-0.15, -0.1) is 0 Å². The molecule has 0 spiro atoms. The normalized spacial score (nSPS) is 21.0. The van der Waals surface area contributed by atoms with Gasteiger partial charge in [-0.2, -0.15) is 0 Å². The summed E-state index contributed by atoms with van der Waals surface area (Å²) < 4.78 is 11.1. The maximum atomic E-state index is 13.1. The highest BCUT2D eigenvalue weighted by atomic mass is 16.7. The van der Waals surface area contributed by atoms with Crippen LogP contribution >= 0.6 is 0 Å². The van der Waals surface area contributed by atoms with Crippen molar-refractivity contribution in [2.45, 2.75) is 294 Å². The number of aliphatic hydroxyl groups excluding tert-OH is 7. The van der Waals surface area contributed by atoms with Crippen molar-refractivity contribution in [3.63, 3.8) is 0 Å². The highest BCUT2D eigenvalue weighted by molar-refractivity contribution is 5.80. The molecule has 8 N–H and O–H groups in total. The molecule has 0 aromatic rings. The van der Waals surface area contributed by atoms with Gasteiger partial charge in [0.15, 0.2) is 6.29 Å². The van der Waals surface area contributed by atoms with Gasteiger partial charge < -0.3 is 50.5 Å². The second-order valence-corrected chi connectivity index (χ2v) is 19.3. The first-order valence-corrected chi connectivity index (χ1v) is 27.4. The Bertz CT molecular complexity index is 1170. The molecular formula is C55H103NO10. The zero-order chi connectivity index (χ0) is 48.3. The molecule has 388 valence electrons. The maximum Gasteiger partial charge on any atom is 0.249 e. The van der Waals surface area contributed by atoms with E-state index in [1.165, 1.54) is 154 Å². The Morgan fingerprint density at radius 3 is 1.42 bits per heavy atom. The number of rotatable bonds is 46. The van der Waals surface area contributed by atoms with Gasteiger partial charge >= 0.3 is 0 Å². The fourth-order valence-electron chi connectivity index (χ4n) is 8.70. The summed E-state index contributed by atoms with van der Waals surface area (Å²) in [6, 6.07) is -1.19. The van der Waals surface area contributed by atoms with Crippen LogP contribution in [-0.4, -0.2) is 110 Å². The third-order valence-corrected chi connectivity index (χ3v) is 13.2. The summed E-state index contributed by atoms with van der Waals surface area (Å²) in [5.74, 6) is -0.712. The fraction of sp³-hybridized carbons (Fsp3) is 0.873. The summed E-state index contributed by atoms with van der Waals surface area (Å²) in [6.45, 7) is 3.30. The van der Waals surface area contributed by atoms with E-state index in [9.17, 15) is 40.5 Å².